The molecule has 0 aliphatic rings. The molecule has 0 atom stereocenters. The van der Waals surface area contributed by atoms with Gasteiger partial charge in [0.05, 0.1) is 6.92 Å². The first kappa shape index (κ1) is 5.12. The first-order valence-corrected chi connectivity index (χ1v) is 1.88. The lowest BCUT2D eigenvalue weighted by Crippen LogP contribution is -1.81. The molecule has 0 N–H and O–H groups in total. The van der Waals surface area contributed by atoms with Gasteiger partial charge in [0.1, 0.15) is 6.07 Å². The summed E-state index contributed by atoms with van der Waals surface area (Å²) in [5.74, 6) is 0. The van der Waals surface area contributed by atoms with E-state index in [4.69, 9.17) is 11.6 Å². The van der Waals surface area contributed by atoms with Crippen molar-refractivity contribution in [3.63, 3.8) is 0 Å². The molecule has 0 unspecified atom stereocenters. The van der Waals surface area contributed by atoms with Crippen molar-refractivity contribution >= 4 is 11.6 Å². The van der Waals surface area contributed by atoms with Crippen LogP contribution in [0.5, 0.6) is 0 Å². The van der Waals surface area contributed by atoms with Crippen LogP contribution in [0.15, 0.2) is 0 Å². The molecule has 0 aromatic carbocycles. The van der Waals surface area contributed by atoms with E-state index >= 15 is 0 Å². The SMILES string of the molecule is [CH2+]COCCl. The Hall–Kier alpha value is 0.120. The van der Waals surface area contributed by atoms with Crippen LogP contribution in [0.2, 0.25) is 0 Å². The summed E-state index contributed by atoms with van der Waals surface area (Å²) in [6.45, 7) is 3.83. The molecule has 0 saturated carbocycles. The minimum absolute atomic E-state index is 0.253. The molecule has 1 nitrogen and oxygen atoms in total. The monoisotopic (exact) mass is 93.0 g/mol. The van der Waals surface area contributed by atoms with Crippen molar-refractivity contribution < 1.29 is 4.74 Å². The third kappa shape index (κ3) is 4.12. The van der Waals surface area contributed by atoms with Gasteiger partial charge in [-0.15, -0.1) is 0 Å². The quantitative estimate of drug-likeness (QED) is 0.366. The van der Waals surface area contributed by atoms with Gasteiger partial charge < -0.3 is 4.74 Å². The van der Waals surface area contributed by atoms with Gasteiger partial charge in [-0.05, 0) is 0 Å². The maximum atomic E-state index is 5.04. The highest BCUT2D eigenvalue weighted by Gasteiger charge is 1.72. The second kappa shape index (κ2) is 4.12. The molecule has 2 heteroatoms. The van der Waals surface area contributed by atoms with E-state index in [1.54, 1.807) is 0 Å². The predicted octanol–water partition coefficient (Wildman–Crippen LogP) is 1.03. The predicted molar refractivity (Wildman–Crippen MR) is 22.0 cm³/mol. The highest BCUT2D eigenvalue weighted by Crippen LogP contribution is 1.73. The van der Waals surface area contributed by atoms with Crippen molar-refractivity contribution in [3.05, 3.63) is 6.92 Å². The van der Waals surface area contributed by atoms with Gasteiger partial charge >= 0.3 is 0 Å². The van der Waals surface area contributed by atoms with Crippen molar-refractivity contribution in [2.75, 3.05) is 12.7 Å². The van der Waals surface area contributed by atoms with Gasteiger partial charge in [-0.25, -0.2) is 0 Å². The summed E-state index contributed by atoms with van der Waals surface area (Å²) >= 11 is 5.04. The first-order chi connectivity index (χ1) is 2.41. The van der Waals surface area contributed by atoms with Gasteiger partial charge in [-0.3, -0.25) is 0 Å². The topological polar surface area (TPSA) is 9.23 Å². The van der Waals surface area contributed by atoms with Crippen molar-refractivity contribution in [3.8, 4) is 0 Å². The summed E-state index contributed by atoms with van der Waals surface area (Å²) in [4.78, 5) is 0. The van der Waals surface area contributed by atoms with Crippen LogP contribution >= 0.6 is 11.6 Å². The van der Waals surface area contributed by atoms with E-state index in [2.05, 4.69) is 11.7 Å². The summed E-state index contributed by atoms with van der Waals surface area (Å²) < 4.78 is 4.49. The molecule has 0 aliphatic carbocycles. The van der Waals surface area contributed by atoms with Crippen molar-refractivity contribution in [2.45, 2.75) is 0 Å². The molecule has 0 radical (unpaired) electrons. The summed E-state index contributed by atoms with van der Waals surface area (Å²) in [5, 5.41) is 0. The van der Waals surface area contributed by atoms with Gasteiger partial charge in [0.25, 0.3) is 0 Å². The Bertz CT molecular complexity index is 14.4. The van der Waals surface area contributed by atoms with Crippen LogP contribution in [0.4, 0.5) is 0 Å². The van der Waals surface area contributed by atoms with Crippen LogP contribution in [0.1, 0.15) is 0 Å². The number of rotatable bonds is 2. The summed E-state index contributed by atoms with van der Waals surface area (Å²) in [5.41, 5.74) is 0. The second-order valence-corrected chi connectivity index (χ2v) is 0.736. The molecule has 0 aliphatic heterocycles. The number of hydrogen-bond donors (Lipinski definition) is 0. The summed E-state index contributed by atoms with van der Waals surface area (Å²) in [6, 6.07) is 0.253. The molecule has 0 saturated heterocycles. The molecule has 5 heavy (non-hydrogen) atoms. The Kier molecular flexibility index (Phi) is 4.22. The highest BCUT2D eigenvalue weighted by molar-refractivity contribution is 6.17. The molecule has 0 heterocycles. The smallest absolute Gasteiger partial charge is 0.186 e. The van der Waals surface area contributed by atoms with E-state index in [0.717, 1.165) is 0 Å². The Morgan fingerprint density at radius 3 is 2.40 bits per heavy atom. The molecular formula is C3H6ClO+. The fourth-order valence-electron chi connectivity index (χ4n) is 0.0546. The molecule has 0 bridgehead atoms. The fourth-order valence-corrected chi connectivity index (χ4v) is 0.164. The number of ether oxygens (including phenoxy) is 1. The van der Waals surface area contributed by atoms with Gasteiger partial charge in [0.2, 0.25) is 0 Å². The van der Waals surface area contributed by atoms with E-state index in [0.29, 0.717) is 6.61 Å². The standard InChI is InChI=1S/C3H6ClO/c1-2-5-3-4/h1-3H2/q+1. The fraction of sp³-hybridized carbons (Fsp3) is 0.667. The largest absolute Gasteiger partial charge is 0.324 e. The second-order valence-electron chi connectivity index (χ2n) is 0.517. The van der Waals surface area contributed by atoms with E-state index in [1.165, 1.54) is 0 Å². The lowest BCUT2D eigenvalue weighted by Gasteiger charge is -1.78. The Labute approximate surface area is 36.9 Å². The minimum atomic E-state index is 0.253. The zero-order valence-electron chi connectivity index (χ0n) is 2.91. The summed E-state index contributed by atoms with van der Waals surface area (Å²) in [6.07, 6.45) is 0. The van der Waals surface area contributed by atoms with E-state index in [9.17, 15) is 0 Å². The first-order valence-electron chi connectivity index (χ1n) is 1.34. The average Bonchev–Trinajstić information content (AvgIpc) is 1.41. The van der Waals surface area contributed by atoms with Crippen molar-refractivity contribution in [1.29, 1.82) is 0 Å². The van der Waals surface area contributed by atoms with Gasteiger partial charge in [-0.1, -0.05) is 11.6 Å². The Morgan fingerprint density at radius 2 is 2.40 bits per heavy atom. The number of hydrogen-bond acceptors (Lipinski definition) is 1. The third-order valence-corrected chi connectivity index (χ3v) is 0.376. The normalized spacial score (nSPS) is 8.20. The Balaban J connectivity index is 2.19. The molecule has 30 valence electrons. The molecule has 0 fully saturated rings. The average molecular weight is 93.5 g/mol. The zero-order valence-corrected chi connectivity index (χ0v) is 3.66. The van der Waals surface area contributed by atoms with Crippen LogP contribution in [0, 0.1) is 6.92 Å². The van der Waals surface area contributed by atoms with E-state index in [1.807, 2.05) is 0 Å². The minimum Gasteiger partial charge on any atom is -0.324 e. The van der Waals surface area contributed by atoms with Crippen LogP contribution in [0.3, 0.4) is 0 Å². The van der Waals surface area contributed by atoms with E-state index in [-0.39, 0.29) is 6.07 Å². The summed E-state index contributed by atoms with van der Waals surface area (Å²) in [7, 11) is 0. The van der Waals surface area contributed by atoms with Crippen LogP contribution in [0.25, 0.3) is 0 Å². The molecule has 0 rings (SSSR count). The molecular weight excluding hydrogens is 87.5 g/mol. The van der Waals surface area contributed by atoms with Crippen molar-refractivity contribution in [1.82, 2.24) is 0 Å². The Morgan fingerprint density at radius 1 is 1.80 bits per heavy atom. The van der Waals surface area contributed by atoms with Gasteiger partial charge in [0.15, 0.2) is 6.61 Å². The highest BCUT2D eigenvalue weighted by atomic mass is 35.5. The van der Waals surface area contributed by atoms with Gasteiger partial charge in [0, 0.05) is 0 Å². The lowest BCUT2D eigenvalue weighted by molar-refractivity contribution is 0.211. The van der Waals surface area contributed by atoms with Crippen LogP contribution < -0.4 is 0 Å². The maximum absolute atomic E-state index is 5.04. The van der Waals surface area contributed by atoms with Gasteiger partial charge in [-0.2, -0.15) is 0 Å². The zero-order chi connectivity index (χ0) is 4.12. The lowest BCUT2D eigenvalue weighted by atomic mass is 10.9. The molecule has 0 aromatic rings. The molecule has 0 aromatic heterocycles. The third-order valence-electron chi connectivity index (χ3n) is 0.221. The van der Waals surface area contributed by atoms with E-state index < -0.39 is 0 Å². The number of halogens is 1. The van der Waals surface area contributed by atoms with Crippen LogP contribution in [-0.4, -0.2) is 12.7 Å². The molecule has 0 spiro atoms. The maximum Gasteiger partial charge on any atom is 0.186 e. The molecule has 0 amide bonds. The van der Waals surface area contributed by atoms with Crippen LogP contribution in [-0.2, 0) is 4.74 Å². The van der Waals surface area contributed by atoms with Crippen molar-refractivity contribution in [2.24, 2.45) is 0 Å². The number of alkyl halides is 1.